The average Bonchev–Trinajstić information content (AvgIpc) is 3.54. The number of nitrogens with one attached hydrogen (secondary N) is 1. The fraction of sp³-hybridized carbons (Fsp3) is 0.500. The van der Waals surface area contributed by atoms with Crippen molar-refractivity contribution in [3.63, 3.8) is 0 Å². The molecule has 0 bridgehead atoms. The van der Waals surface area contributed by atoms with Gasteiger partial charge in [0.05, 0.1) is 32.4 Å². The summed E-state index contributed by atoms with van der Waals surface area (Å²) in [6, 6.07) is 9.31. The summed E-state index contributed by atoms with van der Waals surface area (Å²) in [4.78, 5) is 4.90. The number of thiazole rings is 1. The molecular formula is C26H35ClFN5OS2. The summed E-state index contributed by atoms with van der Waals surface area (Å²) in [5.41, 5.74) is 6.71. The summed E-state index contributed by atoms with van der Waals surface area (Å²) in [5, 5.41) is 2.88. The zero-order valence-electron chi connectivity index (χ0n) is 20.6. The Morgan fingerprint density at radius 1 is 1.14 bits per heavy atom. The lowest BCUT2D eigenvalue weighted by Crippen LogP contribution is -2.38. The minimum Gasteiger partial charge on any atom is -0.493 e. The van der Waals surface area contributed by atoms with Crippen molar-refractivity contribution in [2.24, 2.45) is 11.8 Å². The van der Waals surface area contributed by atoms with Crippen molar-refractivity contribution in [1.82, 2.24) is 9.99 Å². The second-order valence-electron chi connectivity index (χ2n) is 9.58. The fourth-order valence-electron chi connectivity index (χ4n) is 4.64. The van der Waals surface area contributed by atoms with Crippen molar-refractivity contribution >= 4 is 55.9 Å². The van der Waals surface area contributed by atoms with Gasteiger partial charge in [-0.1, -0.05) is 55.0 Å². The van der Waals surface area contributed by atoms with E-state index in [0.717, 1.165) is 34.5 Å². The van der Waals surface area contributed by atoms with Crippen molar-refractivity contribution in [3.8, 4) is 5.75 Å². The lowest BCUT2D eigenvalue weighted by atomic mass is 9.95. The second kappa shape index (κ2) is 13.1. The first-order chi connectivity index (χ1) is 17.4. The van der Waals surface area contributed by atoms with Gasteiger partial charge in [0.2, 0.25) is 0 Å². The standard InChI is InChI=1S/C19H19ClFN3OS2.C7H16N2/c20-13-8-17(14(21)9-15(13)22)27-24-19-23-16-6-5-12(7-18(16)26-19)25-10-11-3-1-2-4-11;1-9(8)7-5-3-2-4-6-7/h5-9,11H,1-4,10,22H2,(H,23,24);7H,2-6,8H2,1H3. The van der Waals surface area contributed by atoms with Crippen molar-refractivity contribution in [2.75, 3.05) is 24.1 Å². The molecule has 0 amide bonds. The molecule has 36 heavy (non-hydrogen) atoms. The normalized spacial score (nSPS) is 16.8. The highest BCUT2D eigenvalue weighted by Gasteiger charge is 2.16. The molecule has 5 rings (SSSR count). The van der Waals surface area contributed by atoms with Gasteiger partial charge < -0.3 is 15.2 Å². The molecule has 10 heteroatoms. The number of hydrogen-bond donors (Lipinski definition) is 3. The summed E-state index contributed by atoms with van der Waals surface area (Å²) >= 11 is 8.59. The van der Waals surface area contributed by atoms with Crippen LogP contribution in [-0.4, -0.2) is 29.7 Å². The van der Waals surface area contributed by atoms with Gasteiger partial charge in [0, 0.05) is 13.1 Å². The van der Waals surface area contributed by atoms with Crippen molar-refractivity contribution in [3.05, 3.63) is 41.2 Å². The number of benzene rings is 2. The van der Waals surface area contributed by atoms with Gasteiger partial charge in [-0.05, 0) is 73.9 Å². The number of nitrogen functional groups attached to an aromatic ring is 1. The van der Waals surface area contributed by atoms with Gasteiger partial charge in [-0.15, -0.1) is 0 Å². The molecule has 0 radical (unpaired) electrons. The van der Waals surface area contributed by atoms with Crippen LogP contribution in [0.4, 0.5) is 15.2 Å². The Bertz CT molecular complexity index is 1130. The summed E-state index contributed by atoms with van der Waals surface area (Å²) in [6.45, 7) is 0.780. The molecule has 0 saturated heterocycles. The van der Waals surface area contributed by atoms with Crippen LogP contribution in [-0.2, 0) is 0 Å². The Hall–Kier alpha value is -1.78. The molecule has 5 N–H and O–H groups in total. The Kier molecular flexibility index (Phi) is 9.95. The highest BCUT2D eigenvalue weighted by atomic mass is 35.5. The zero-order valence-corrected chi connectivity index (χ0v) is 23.0. The Labute approximate surface area is 226 Å². The Morgan fingerprint density at radius 2 is 1.86 bits per heavy atom. The minimum atomic E-state index is -0.418. The van der Waals surface area contributed by atoms with Gasteiger partial charge in [0.25, 0.3) is 0 Å². The van der Waals surface area contributed by atoms with Gasteiger partial charge in [0.15, 0.2) is 5.13 Å². The van der Waals surface area contributed by atoms with Gasteiger partial charge >= 0.3 is 0 Å². The first kappa shape index (κ1) is 27.3. The van der Waals surface area contributed by atoms with Crippen molar-refractivity contribution < 1.29 is 9.13 Å². The first-order valence-electron chi connectivity index (χ1n) is 12.6. The molecule has 3 aromatic rings. The van der Waals surface area contributed by atoms with Gasteiger partial charge in [-0.3, -0.25) is 5.84 Å². The van der Waals surface area contributed by atoms with E-state index in [4.69, 9.17) is 27.9 Å². The smallest absolute Gasteiger partial charge is 0.194 e. The van der Waals surface area contributed by atoms with Crippen LogP contribution in [0.15, 0.2) is 35.2 Å². The molecule has 196 valence electrons. The quantitative estimate of drug-likeness (QED) is 0.121. The van der Waals surface area contributed by atoms with E-state index in [0.29, 0.717) is 27.0 Å². The molecule has 2 aromatic carbocycles. The molecular weight excluding hydrogens is 517 g/mol. The Morgan fingerprint density at radius 3 is 2.56 bits per heavy atom. The third kappa shape index (κ3) is 7.61. The highest BCUT2D eigenvalue weighted by Crippen LogP contribution is 2.34. The number of rotatable bonds is 7. The van der Waals surface area contributed by atoms with Crippen LogP contribution in [0, 0.1) is 11.7 Å². The number of anilines is 2. The van der Waals surface area contributed by atoms with E-state index >= 15 is 0 Å². The number of nitrogens with zero attached hydrogens (tertiary/aromatic N) is 2. The molecule has 1 aromatic heterocycles. The topological polar surface area (TPSA) is 89.4 Å². The fourth-order valence-corrected chi connectivity index (χ4v) is 6.48. The lowest BCUT2D eigenvalue weighted by molar-refractivity contribution is 0.195. The monoisotopic (exact) mass is 551 g/mol. The minimum absolute atomic E-state index is 0.226. The third-order valence-corrected chi connectivity index (χ3v) is 8.99. The number of nitrogens with two attached hydrogens (primary N) is 2. The van der Waals surface area contributed by atoms with E-state index in [1.54, 1.807) is 0 Å². The predicted octanol–water partition coefficient (Wildman–Crippen LogP) is 7.48. The van der Waals surface area contributed by atoms with Crippen LogP contribution in [0.25, 0.3) is 10.2 Å². The summed E-state index contributed by atoms with van der Waals surface area (Å²) in [6.07, 6.45) is 11.9. The lowest BCUT2D eigenvalue weighted by Gasteiger charge is -2.27. The van der Waals surface area contributed by atoms with E-state index in [1.807, 2.05) is 30.3 Å². The number of hydrazine groups is 1. The third-order valence-electron chi connectivity index (χ3n) is 6.77. The Balaban J connectivity index is 0.000000286. The zero-order chi connectivity index (χ0) is 25.5. The largest absolute Gasteiger partial charge is 0.493 e. The average molecular weight is 552 g/mol. The molecule has 2 aliphatic carbocycles. The molecule has 0 spiro atoms. The molecule has 1 heterocycles. The molecule has 2 saturated carbocycles. The maximum absolute atomic E-state index is 14.0. The van der Waals surface area contributed by atoms with Gasteiger partial charge in [-0.2, -0.15) is 0 Å². The summed E-state index contributed by atoms with van der Waals surface area (Å²) in [5.74, 6) is 6.73. The van der Waals surface area contributed by atoms with Crippen LogP contribution >= 0.6 is 34.9 Å². The molecule has 2 fully saturated rings. The van der Waals surface area contributed by atoms with Gasteiger partial charge in [-0.25, -0.2) is 14.4 Å². The number of ether oxygens (including phenoxy) is 1. The maximum Gasteiger partial charge on any atom is 0.194 e. The number of hydrogen-bond acceptors (Lipinski definition) is 8. The van der Waals surface area contributed by atoms with Crippen LogP contribution in [0.3, 0.4) is 0 Å². The van der Waals surface area contributed by atoms with Crippen LogP contribution in [0.1, 0.15) is 57.8 Å². The van der Waals surface area contributed by atoms with E-state index in [2.05, 4.69) is 9.71 Å². The van der Waals surface area contributed by atoms with E-state index in [-0.39, 0.29) is 5.69 Å². The first-order valence-corrected chi connectivity index (χ1v) is 14.6. The second-order valence-corrected chi connectivity index (χ2v) is 11.9. The predicted molar refractivity (Wildman–Crippen MR) is 151 cm³/mol. The molecule has 0 unspecified atom stereocenters. The number of fused-ring (bicyclic) bond motifs is 1. The summed E-state index contributed by atoms with van der Waals surface area (Å²) in [7, 11) is 1.97. The van der Waals surface area contributed by atoms with Crippen LogP contribution in [0.5, 0.6) is 5.75 Å². The van der Waals surface area contributed by atoms with Gasteiger partial charge in [0.1, 0.15) is 11.6 Å². The van der Waals surface area contributed by atoms with Crippen LogP contribution < -0.4 is 21.0 Å². The summed E-state index contributed by atoms with van der Waals surface area (Å²) < 4.78 is 24.0. The number of aromatic nitrogens is 1. The molecule has 6 nitrogen and oxygen atoms in total. The number of halogens is 2. The van der Waals surface area contributed by atoms with Crippen molar-refractivity contribution in [1.29, 1.82) is 0 Å². The molecule has 0 aliphatic heterocycles. The SMILES string of the molecule is CN(N)C1CCCCC1.Nc1cc(F)c(SNc2nc3ccc(OCC4CCCC4)cc3s2)cc1Cl. The van der Waals surface area contributed by atoms with Crippen LogP contribution in [0.2, 0.25) is 5.02 Å². The van der Waals surface area contributed by atoms with E-state index in [1.165, 1.54) is 81.3 Å². The molecule has 0 atom stereocenters. The highest BCUT2D eigenvalue weighted by molar-refractivity contribution is 8.00. The molecule has 2 aliphatic rings. The maximum atomic E-state index is 14.0. The van der Waals surface area contributed by atoms with E-state index in [9.17, 15) is 4.39 Å². The van der Waals surface area contributed by atoms with E-state index < -0.39 is 5.82 Å². The van der Waals surface area contributed by atoms with Crippen molar-refractivity contribution in [2.45, 2.75) is 68.7 Å².